The Kier molecular flexibility index (Phi) is 6.94. The highest BCUT2D eigenvalue weighted by Crippen LogP contribution is 2.38. The number of rotatable bonds is 4. The third kappa shape index (κ3) is 4.93. The molecule has 35 heavy (non-hydrogen) atoms. The summed E-state index contributed by atoms with van der Waals surface area (Å²) in [6.45, 7) is 0. The molecule has 1 aliphatic rings. The van der Waals surface area contributed by atoms with Crippen LogP contribution in [-0.4, -0.2) is 41.8 Å². The van der Waals surface area contributed by atoms with E-state index in [1.54, 1.807) is 18.2 Å². The zero-order valence-electron chi connectivity index (χ0n) is 17.8. The van der Waals surface area contributed by atoms with Gasteiger partial charge in [0, 0.05) is 29.5 Å². The molecule has 1 unspecified atom stereocenters. The Morgan fingerprint density at radius 1 is 1.20 bits per heavy atom. The van der Waals surface area contributed by atoms with Crippen LogP contribution in [0.3, 0.4) is 0 Å². The van der Waals surface area contributed by atoms with E-state index in [4.69, 9.17) is 23.2 Å². The zero-order chi connectivity index (χ0) is 25.5. The summed E-state index contributed by atoms with van der Waals surface area (Å²) in [7, 11) is 1.40. The number of carbonyl (C=O) groups is 2. The smallest absolute Gasteiger partial charge is 0.355 e. The average Bonchev–Trinajstić information content (AvgIpc) is 3.26. The molecule has 1 atom stereocenters. The minimum atomic E-state index is -4.77. The van der Waals surface area contributed by atoms with Crippen molar-refractivity contribution in [1.82, 2.24) is 10.3 Å². The Morgan fingerprint density at radius 2 is 1.94 bits per heavy atom. The van der Waals surface area contributed by atoms with E-state index in [0.717, 1.165) is 9.48 Å². The second-order valence-electron chi connectivity index (χ2n) is 7.46. The molecule has 1 aromatic heterocycles. The Bertz CT molecular complexity index is 1380. The number of anilines is 2. The lowest BCUT2D eigenvalue weighted by Gasteiger charge is -2.23. The second kappa shape index (κ2) is 9.63. The molecule has 2 N–H and O–H groups in total. The molecule has 4 rings (SSSR count). The predicted octanol–water partition coefficient (Wildman–Crippen LogP) is 5.80. The fourth-order valence-corrected chi connectivity index (χ4v) is 4.51. The number of benzene rings is 2. The van der Waals surface area contributed by atoms with Crippen LogP contribution in [0.15, 0.2) is 52.2 Å². The van der Waals surface area contributed by atoms with Crippen LogP contribution in [0, 0.1) is 0 Å². The molecule has 0 fully saturated rings. The standard InChI is InChI=1S/C22H15BrCl2F3N5O2/c1-29-20(34)13-8-10-7-11(23)4-5-12(10)17(25)18(13)31-21(35)15-9-16(22(26,27)28)32-33(15)19-14(24)3-2-6-30-19/h2-8,15H,9H2,1H3,(H,29,34)(H,31,35). The van der Waals surface area contributed by atoms with E-state index in [2.05, 4.69) is 36.6 Å². The summed E-state index contributed by atoms with van der Waals surface area (Å²) < 4.78 is 41.2. The lowest BCUT2D eigenvalue weighted by atomic mass is 10.0. The minimum absolute atomic E-state index is 0.0119. The monoisotopic (exact) mass is 587 g/mol. The van der Waals surface area contributed by atoms with Crippen molar-refractivity contribution < 1.29 is 22.8 Å². The first-order chi connectivity index (χ1) is 16.5. The number of alkyl halides is 3. The minimum Gasteiger partial charge on any atom is -0.355 e. The van der Waals surface area contributed by atoms with Crippen LogP contribution in [0.5, 0.6) is 0 Å². The van der Waals surface area contributed by atoms with Crippen molar-refractivity contribution in [3.63, 3.8) is 0 Å². The van der Waals surface area contributed by atoms with E-state index in [-0.39, 0.29) is 27.1 Å². The van der Waals surface area contributed by atoms with Gasteiger partial charge >= 0.3 is 6.18 Å². The number of fused-ring (bicyclic) bond motifs is 1. The maximum Gasteiger partial charge on any atom is 0.431 e. The summed E-state index contributed by atoms with van der Waals surface area (Å²) >= 11 is 16.0. The van der Waals surface area contributed by atoms with Crippen LogP contribution in [0.25, 0.3) is 10.8 Å². The van der Waals surface area contributed by atoms with Crippen molar-refractivity contribution in [2.24, 2.45) is 5.10 Å². The van der Waals surface area contributed by atoms with E-state index in [1.807, 2.05) is 0 Å². The van der Waals surface area contributed by atoms with Gasteiger partial charge in [0.15, 0.2) is 5.82 Å². The molecule has 0 radical (unpaired) electrons. The van der Waals surface area contributed by atoms with Crippen LogP contribution in [-0.2, 0) is 4.79 Å². The molecule has 3 aromatic rings. The Balaban J connectivity index is 1.77. The first kappa shape index (κ1) is 25.2. The third-order valence-electron chi connectivity index (χ3n) is 5.25. The van der Waals surface area contributed by atoms with Gasteiger partial charge in [-0.2, -0.15) is 18.3 Å². The number of nitrogens with one attached hydrogen (secondary N) is 2. The van der Waals surface area contributed by atoms with Gasteiger partial charge in [-0.15, -0.1) is 0 Å². The Morgan fingerprint density at radius 3 is 2.60 bits per heavy atom. The largest absolute Gasteiger partial charge is 0.431 e. The van der Waals surface area contributed by atoms with E-state index in [0.29, 0.717) is 10.8 Å². The molecule has 1 aliphatic heterocycles. The van der Waals surface area contributed by atoms with Crippen molar-refractivity contribution >= 4 is 78.9 Å². The first-order valence-corrected chi connectivity index (χ1v) is 11.5. The summed E-state index contributed by atoms with van der Waals surface area (Å²) in [5, 5.41) is 10.6. The highest BCUT2D eigenvalue weighted by Gasteiger charge is 2.46. The fourth-order valence-electron chi connectivity index (χ4n) is 3.60. The number of halogens is 6. The normalized spacial score (nSPS) is 15.8. The fraction of sp³-hybridized carbons (Fsp3) is 0.182. The highest BCUT2D eigenvalue weighted by molar-refractivity contribution is 9.10. The van der Waals surface area contributed by atoms with Crippen LogP contribution >= 0.6 is 39.1 Å². The van der Waals surface area contributed by atoms with Crippen molar-refractivity contribution in [3.05, 3.63) is 62.7 Å². The number of carbonyl (C=O) groups excluding carboxylic acids is 2. The number of aromatic nitrogens is 1. The van der Waals surface area contributed by atoms with Gasteiger partial charge in [0.1, 0.15) is 11.8 Å². The summed E-state index contributed by atoms with van der Waals surface area (Å²) in [6.07, 6.45) is -4.20. The van der Waals surface area contributed by atoms with Crippen LogP contribution in [0.4, 0.5) is 24.7 Å². The van der Waals surface area contributed by atoms with Crippen molar-refractivity contribution in [2.45, 2.75) is 18.6 Å². The molecule has 2 aromatic carbocycles. The van der Waals surface area contributed by atoms with Gasteiger partial charge in [0.25, 0.3) is 5.91 Å². The molecule has 0 saturated carbocycles. The quantitative estimate of drug-likeness (QED) is 0.403. The molecule has 0 spiro atoms. The number of hydrogen-bond donors (Lipinski definition) is 2. The molecular formula is C22H15BrCl2F3N5O2. The van der Waals surface area contributed by atoms with Crippen LogP contribution in [0.1, 0.15) is 16.8 Å². The molecule has 182 valence electrons. The average molecular weight is 589 g/mol. The highest BCUT2D eigenvalue weighted by atomic mass is 79.9. The number of nitrogens with zero attached hydrogens (tertiary/aromatic N) is 3. The summed E-state index contributed by atoms with van der Waals surface area (Å²) in [5.74, 6) is -1.54. The molecule has 13 heteroatoms. The van der Waals surface area contributed by atoms with Crippen LogP contribution < -0.4 is 15.6 Å². The Labute approximate surface area is 215 Å². The van der Waals surface area contributed by atoms with E-state index >= 15 is 0 Å². The van der Waals surface area contributed by atoms with E-state index in [9.17, 15) is 22.8 Å². The second-order valence-corrected chi connectivity index (χ2v) is 9.17. The van der Waals surface area contributed by atoms with E-state index < -0.39 is 36.2 Å². The van der Waals surface area contributed by atoms with Gasteiger partial charge in [-0.05, 0) is 35.7 Å². The van der Waals surface area contributed by atoms with Crippen molar-refractivity contribution in [1.29, 1.82) is 0 Å². The van der Waals surface area contributed by atoms with Crippen LogP contribution in [0.2, 0.25) is 10.0 Å². The van der Waals surface area contributed by atoms with Gasteiger partial charge < -0.3 is 10.6 Å². The lowest BCUT2D eigenvalue weighted by molar-refractivity contribution is -0.117. The van der Waals surface area contributed by atoms with Gasteiger partial charge in [-0.3, -0.25) is 9.59 Å². The van der Waals surface area contributed by atoms with Gasteiger partial charge in [-0.1, -0.05) is 45.2 Å². The molecule has 0 aliphatic carbocycles. The molecule has 7 nitrogen and oxygen atoms in total. The molecular weight excluding hydrogens is 574 g/mol. The van der Waals surface area contributed by atoms with Gasteiger partial charge in [-0.25, -0.2) is 9.99 Å². The predicted molar refractivity (Wildman–Crippen MR) is 132 cm³/mol. The Hall–Kier alpha value is -2.89. The first-order valence-electron chi connectivity index (χ1n) is 10.0. The maximum atomic E-state index is 13.5. The molecule has 2 amide bonds. The van der Waals surface area contributed by atoms with Gasteiger partial charge in [0.2, 0.25) is 5.91 Å². The van der Waals surface area contributed by atoms with Gasteiger partial charge in [0.05, 0.1) is 21.3 Å². The number of hydrazone groups is 1. The van der Waals surface area contributed by atoms with E-state index in [1.165, 1.54) is 31.4 Å². The summed E-state index contributed by atoms with van der Waals surface area (Å²) in [6, 6.07) is 8.14. The zero-order valence-corrected chi connectivity index (χ0v) is 20.8. The molecule has 2 heterocycles. The number of amides is 2. The SMILES string of the molecule is CNC(=O)c1cc2cc(Br)ccc2c(Cl)c1NC(=O)C1CC(C(F)(F)F)=NN1c1ncccc1Cl. The maximum absolute atomic E-state index is 13.5. The third-order valence-corrected chi connectivity index (χ3v) is 6.44. The lowest BCUT2D eigenvalue weighted by Crippen LogP contribution is -2.40. The van der Waals surface area contributed by atoms with Crippen molar-refractivity contribution in [2.75, 3.05) is 17.4 Å². The summed E-state index contributed by atoms with van der Waals surface area (Å²) in [5.41, 5.74) is -1.17. The summed E-state index contributed by atoms with van der Waals surface area (Å²) in [4.78, 5) is 29.9. The molecule has 0 bridgehead atoms. The number of hydrogen-bond acceptors (Lipinski definition) is 5. The molecule has 0 saturated heterocycles. The topological polar surface area (TPSA) is 86.7 Å². The number of pyridine rings is 1. The van der Waals surface area contributed by atoms with Crippen molar-refractivity contribution in [3.8, 4) is 0 Å².